The Labute approximate surface area is 349 Å². The number of carbonyl (C=O) groups excluding carboxylic acids is 2. The van der Waals surface area contributed by atoms with E-state index in [1.54, 1.807) is 0 Å². The SMILES string of the molecule is C.CC(C)(CC1CCCCC1)C(=O)O.COC(=O)C(C)(C)CC1CCCCC1.COC(=O)[C@H](C)CC1CCCCC1.C[C@H](CC1CCCCC1)C(=O)O.[Li+].[OH-]. The van der Waals surface area contributed by atoms with Crippen LogP contribution in [0.2, 0.25) is 0 Å². The van der Waals surface area contributed by atoms with Crippen molar-refractivity contribution in [1.29, 1.82) is 0 Å². The molecule has 0 aliphatic heterocycles. The standard InChI is InChI=1S/C12H22O2.2C11H20O2.C10H18O2.CH4.Li.H2O/c1-12(2,11(13)14-3)9-10-7-5-4-6-8-10;1-11(2,10(12)13)8-9-6-4-3-5-7-9;1-9(11(12)13-2)8-10-6-4-3-5-7-10;1-8(10(11)12)7-9-5-3-2-4-6-9;;;/h10H,4-9H2,1-3H3;9H,3-8H2,1-2H3,(H,12,13);9-10H,3-8H2,1-2H3;8-9H,2-7H2,1H3,(H,11,12);1H4;;1H2/q;;;;;+1;/p-1/t;;9-;8-;;;/m..11.../s1. The fourth-order valence-corrected chi connectivity index (χ4v) is 8.92. The second-order valence-corrected chi connectivity index (χ2v) is 18.1. The second kappa shape index (κ2) is 31.4. The Morgan fingerprint density at radius 1 is 0.545 bits per heavy atom. The first-order valence-corrected chi connectivity index (χ1v) is 21.1. The van der Waals surface area contributed by atoms with Crippen LogP contribution in [0.25, 0.3) is 0 Å². The van der Waals surface area contributed by atoms with E-state index >= 15 is 0 Å². The first-order chi connectivity index (χ1) is 24.5. The molecule has 0 aromatic carbocycles. The maximum atomic E-state index is 11.5. The van der Waals surface area contributed by atoms with Crippen LogP contribution in [0.4, 0.5) is 0 Å². The summed E-state index contributed by atoms with van der Waals surface area (Å²) in [6, 6.07) is 0. The molecule has 9 nitrogen and oxygen atoms in total. The molecule has 0 bridgehead atoms. The number of aliphatic carboxylic acids is 2. The molecule has 2 atom stereocenters. The maximum absolute atomic E-state index is 11.5. The van der Waals surface area contributed by atoms with E-state index < -0.39 is 17.4 Å². The molecular weight excluding hydrogens is 691 g/mol. The molecule has 0 radical (unpaired) electrons. The molecule has 3 N–H and O–H groups in total. The Morgan fingerprint density at radius 2 is 0.855 bits per heavy atom. The van der Waals surface area contributed by atoms with E-state index in [1.807, 2.05) is 41.5 Å². The minimum absolute atomic E-state index is 0. The third kappa shape index (κ3) is 25.4. The van der Waals surface area contributed by atoms with Crippen molar-refractivity contribution >= 4 is 23.9 Å². The average molecular weight is 777 g/mol. The monoisotopic (exact) mass is 777 g/mol. The van der Waals surface area contributed by atoms with Crippen LogP contribution in [0.15, 0.2) is 0 Å². The van der Waals surface area contributed by atoms with Gasteiger partial charge >= 0.3 is 42.7 Å². The molecule has 4 rings (SSSR count). The Hall–Kier alpha value is -1.56. The van der Waals surface area contributed by atoms with Gasteiger partial charge in [-0.1, -0.05) is 150 Å². The van der Waals surface area contributed by atoms with Crippen LogP contribution in [0, 0.1) is 46.3 Å². The minimum atomic E-state index is -0.655. The summed E-state index contributed by atoms with van der Waals surface area (Å²) in [5.74, 6) is 1.37. The Bertz CT molecular complexity index is 1000. The van der Waals surface area contributed by atoms with Crippen molar-refractivity contribution < 1.29 is 63.2 Å². The molecule has 0 heterocycles. The number of ether oxygens (including phenoxy) is 2. The van der Waals surface area contributed by atoms with E-state index in [2.05, 4.69) is 0 Å². The fourth-order valence-electron chi connectivity index (χ4n) is 8.92. The van der Waals surface area contributed by atoms with Gasteiger partial charge in [0.15, 0.2) is 0 Å². The smallest absolute Gasteiger partial charge is 0.870 e. The third-order valence-corrected chi connectivity index (χ3v) is 12.2. The van der Waals surface area contributed by atoms with Gasteiger partial charge in [0, 0.05) is 0 Å². The summed E-state index contributed by atoms with van der Waals surface area (Å²) in [5.41, 5.74) is -0.821. The quantitative estimate of drug-likeness (QED) is 0.146. The Balaban J connectivity index is -0.000000645. The molecular formula is C45H85LiO9. The molecule has 0 aromatic heterocycles. The molecule has 4 aliphatic carbocycles. The van der Waals surface area contributed by atoms with Crippen LogP contribution in [0.3, 0.4) is 0 Å². The van der Waals surface area contributed by atoms with Crippen LogP contribution in [0.1, 0.15) is 203 Å². The summed E-state index contributed by atoms with van der Waals surface area (Å²) >= 11 is 0. The van der Waals surface area contributed by atoms with Gasteiger partial charge in [-0.05, 0) is 77.0 Å². The van der Waals surface area contributed by atoms with Gasteiger partial charge in [0.2, 0.25) is 0 Å². The summed E-state index contributed by atoms with van der Waals surface area (Å²) in [6.07, 6.45) is 29.9. The van der Waals surface area contributed by atoms with Gasteiger partial charge in [0.25, 0.3) is 0 Å². The van der Waals surface area contributed by atoms with Crippen LogP contribution in [-0.4, -0.2) is 53.8 Å². The molecule has 0 unspecified atom stereocenters. The number of carboxylic acids is 2. The number of esters is 2. The van der Waals surface area contributed by atoms with Crippen molar-refractivity contribution in [1.82, 2.24) is 0 Å². The molecule has 55 heavy (non-hydrogen) atoms. The number of hydrogen-bond donors (Lipinski definition) is 2. The zero-order chi connectivity index (χ0) is 39.2. The minimum Gasteiger partial charge on any atom is -0.870 e. The largest absolute Gasteiger partial charge is 1.00 e. The summed E-state index contributed by atoms with van der Waals surface area (Å²) in [6.45, 7) is 11.5. The summed E-state index contributed by atoms with van der Waals surface area (Å²) in [4.78, 5) is 44.1. The molecule has 4 aliphatic rings. The molecule has 10 heteroatoms. The molecule has 0 spiro atoms. The molecule has 0 aromatic rings. The van der Waals surface area contributed by atoms with Crippen LogP contribution in [-0.2, 0) is 28.7 Å². The van der Waals surface area contributed by atoms with Crippen LogP contribution >= 0.6 is 0 Å². The van der Waals surface area contributed by atoms with E-state index in [-0.39, 0.29) is 61.0 Å². The van der Waals surface area contributed by atoms with Crippen molar-refractivity contribution in [3.63, 3.8) is 0 Å². The van der Waals surface area contributed by atoms with Gasteiger partial charge in [-0.2, -0.15) is 0 Å². The third-order valence-electron chi connectivity index (χ3n) is 12.2. The number of methoxy groups -OCH3 is 2. The Morgan fingerprint density at radius 3 is 1.15 bits per heavy atom. The summed E-state index contributed by atoms with van der Waals surface area (Å²) in [7, 11) is 2.95. The van der Waals surface area contributed by atoms with Gasteiger partial charge < -0.3 is 25.2 Å². The van der Waals surface area contributed by atoms with E-state index in [1.165, 1.54) is 143 Å². The van der Waals surface area contributed by atoms with Gasteiger partial charge in [0.1, 0.15) is 0 Å². The maximum Gasteiger partial charge on any atom is 1.00 e. The van der Waals surface area contributed by atoms with E-state index in [0.29, 0.717) is 11.8 Å². The number of rotatable bonds is 12. The van der Waals surface area contributed by atoms with Crippen molar-refractivity contribution in [3.8, 4) is 0 Å². The van der Waals surface area contributed by atoms with Crippen molar-refractivity contribution in [2.45, 2.75) is 203 Å². The van der Waals surface area contributed by atoms with Gasteiger partial charge in [-0.3, -0.25) is 19.2 Å². The topological polar surface area (TPSA) is 157 Å². The van der Waals surface area contributed by atoms with Crippen molar-refractivity contribution in [2.24, 2.45) is 46.3 Å². The summed E-state index contributed by atoms with van der Waals surface area (Å²) in [5, 5.41) is 17.7. The zero-order valence-electron chi connectivity index (χ0n) is 36.2. The van der Waals surface area contributed by atoms with Crippen molar-refractivity contribution in [2.75, 3.05) is 14.2 Å². The predicted molar refractivity (Wildman–Crippen MR) is 219 cm³/mol. The first-order valence-electron chi connectivity index (χ1n) is 21.1. The van der Waals surface area contributed by atoms with E-state index in [9.17, 15) is 19.2 Å². The van der Waals surface area contributed by atoms with Gasteiger partial charge in [0.05, 0.1) is 36.9 Å². The zero-order valence-corrected chi connectivity index (χ0v) is 36.2. The number of hydrogen-bond acceptors (Lipinski definition) is 7. The van der Waals surface area contributed by atoms with E-state index in [4.69, 9.17) is 19.7 Å². The molecule has 0 amide bonds. The average Bonchev–Trinajstić information content (AvgIpc) is 3.13. The summed E-state index contributed by atoms with van der Waals surface area (Å²) < 4.78 is 9.53. The number of carboxylic acid groups (broad SMARTS) is 2. The molecule has 4 fully saturated rings. The first kappa shape index (κ1) is 57.8. The fraction of sp³-hybridized carbons (Fsp3) is 0.911. The van der Waals surface area contributed by atoms with Gasteiger partial charge in [-0.25, -0.2) is 0 Å². The molecule has 4 saturated carbocycles. The van der Waals surface area contributed by atoms with Crippen molar-refractivity contribution in [3.05, 3.63) is 0 Å². The molecule has 320 valence electrons. The van der Waals surface area contributed by atoms with E-state index in [0.717, 1.165) is 37.5 Å². The normalized spacial score (nSPS) is 19.5. The van der Waals surface area contributed by atoms with Crippen LogP contribution in [0.5, 0.6) is 0 Å². The predicted octanol–water partition coefficient (Wildman–Crippen LogP) is 9.13. The van der Waals surface area contributed by atoms with Crippen LogP contribution < -0.4 is 18.9 Å². The molecule has 0 saturated heterocycles. The Kier molecular flexibility index (Phi) is 33.0. The number of carbonyl (C=O) groups is 4. The van der Waals surface area contributed by atoms with Gasteiger partial charge in [-0.15, -0.1) is 0 Å². The second-order valence-electron chi connectivity index (χ2n) is 18.1.